The van der Waals surface area contributed by atoms with Crippen molar-refractivity contribution in [1.82, 2.24) is 4.72 Å². The van der Waals surface area contributed by atoms with Crippen LogP contribution in [-0.2, 0) is 10.0 Å². The van der Waals surface area contributed by atoms with E-state index in [9.17, 15) is 17.6 Å². The molecule has 0 aliphatic carbocycles. The summed E-state index contributed by atoms with van der Waals surface area (Å²) in [5.74, 6) is -1.06. The lowest BCUT2D eigenvalue weighted by Gasteiger charge is -2.16. The Hall–Kier alpha value is -2.45. The van der Waals surface area contributed by atoms with E-state index in [0.717, 1.165) is 6.42 Å². The Balaban J connectivity index is 2.35. The van der Waals surface area contributed by atoms with Gasteiger partial charge < -0.3 is 10.1 Å². The summed E-state index contributed by atoms with van der Waals surface area (Å²) in [6.07, 6.45) is 1.55. The number of amides is 1. The zero-order valence-corrected chi connectivity index (χ0v) is 17.0. The number of benzene rings is 2. The van der Waals surface area contributed by atoms with Gasteiger partial charge in [-0.25, -0.2) is 17.5 Å². The van der Waals surface area contributed by atoms with E-state index in [1.807, 2.05) is 6.92 Å². The normalized spacial score (nSPS) is 12.4. The summed E-state index contributed by atoms with van der Waals surface area (Å²) < 4.78 is 47.2. The van der Waals surface area contributed by atoms with Gasteiger partial charge in [-0.2, -0.15) is 0 Å². The standard InChI is InChI=1S/C20H25FN2O4S/c1-4-8-14(3)23-28(25,26)15-11-12-19(27-5-2)18(13-15)22-20(24)16-9-6-7-10-17(16)21/h6-7,9-14,23H,4-5,8H2,1-3H3,(H,22,24)/t14-/m1/s1. The average molecular weight is 408 g/mol. The van der Waals surface area contributed by atoms with E-state index in [0.29, 0.717) is 18.8 Å². The number of hydrogen-bond acceptors (Lipinski definition) is 4. The van der Waals surface area contributed by atoms with E-state index in [4.69, 9.17) is 4.74 Å². The van der Waals surface area contributed by atoms with Crippen LogP contribution in [0.3, 0.4) is 0 Å². The second-order valence-corrected chi connectivity index (χ2v) is 8.05. The van der Waals surface area contributed by atoms with Gasteiger partial charge >= 0.3 is 0 Å². The smallest absolute Gasteiger partial charge is 0.258 e. The number of rotatable bonds is 9. The third kappa shape index (κ3) is 5.53. The SMILES string of the molecule is CCC[C@@H](C)NS(=O)(=O)c1ccc(OCC)c(NC(=O)c2ccccc2F)c1. The minimum absolute atomic E-state index is 0.0114. The predicted octanol–water partition coefficient (Wildman–Crippen LogP) is 3.94. The molecule has 0 aliphatic heterocycles. The number of carbonyl (C=O) groups is 1. The molecule has 0 heterocycles. The predicted molar refractivity (Wildman–Crippen MR) is 107 cm³/mol. The molecular formula is C20H25FN2O4S. The molecule has 1 atom stereocenters. The Kier molecular flexibility index (Phi) is 7.53. The van der Waals surface area contributed by atoms with Crippen molar-refractivity contribution in [1.29, 1.82) is 0 Å². The first-order valence-corrected chi connectivity index (χ1v) is 10.6. The third-order valence-electron chi connectivity index (χ3n) is 4.01. The molecule has 0 bridgehead atoms. The number of carbonyl (C=O) groups excluding carboxylic acids is 1. The molecule has 1 amide bonds. The summed E-state index contributed by atoms with van der Waals surface area (Å²) >= 11 is 0. The lowest BCUT2D eigenvalue weighted by atomic mass is 10.2. The molecule has 28 heavy (non-hydrogen) atoms. The van der Waals surface area contributed by atoms with Crippen LogP contribution in [0.2, 0.25) is 0 Å². The van der Waals surface area contributed by atoms with Crippen LogP contribution >= 0.6 is 0 Å². The number of halogens is 1. The largest absolute Gasteiger partial charge is 0.492 e. The third-order valence-corrected chi connectivity index (χ3v) is 5.59. The van der Waals surface area contributed by atoms with Gasteiger partial charge in [0.15, 0.2) is 0 Å². The molecule has 0 saturated heterocycles. The van der Waals surface area contributed by atoms with Crippen molar-refractivity contribution in [2.24, 2.45) is 0 Å². The monoisotopic (exact) mass is 408 g/mol. The Bertz CT molecular complexity index is 932. The molecule has 0 spiro atoms. The van der Waals surface area contributed by atoms with Gasteiger partial charge in [-0.15, -0.1) is 0 Å². The second-order valence-electron chi connectivity index (χ2n) is 6.34. The zero-order chi connectivity index (χ0) is 20.7. The summed E-state index contributed by atoms with van der Waals surface area (Å²) in [7, 11) is -3.78. The van der Waals surface area contributed by atoms with Crippen LogP contribution in [-0.4, -0.2) is 27.0 Å². The number of anilines is 1. The molecule has 2 rings (SSSR count). The fourth-order valence-corrected chi connectivity index (χ4v) is 4.02. The van der Waals surface area contributed by atoms with E-state index in [-0.39, 0.29) is 22.2 Å². The summed E-state index contributed by atoms with van der Waals surface area (Å²) in [4.78, 5) is 12.4. The first kappa shape index (κ1) is 21.8. The van der Waals surface area contributed by atoms with Crippen molar-refractivity contribution in [3.05, 3.63) is 53.8 Å². The molecule has 8 heteroatoms. The quantitative estimate of drug-likeness (QED) is 0.658. The lowest BCUT2D eigenvalue weighted by molar-refractivity contribution is 0.102. The molecule has 0 aliphatic rings. The molecule has 152 valence electrons. The van der Waals surface area contributed by atoms with Crippen LogP contribution in [0.25, 0.3) is 0 Å². The van der Waals surface area contributed by atoms with Crippen molar-refractivity contribution in [2.45, 2.75) is 44.6 Å². The molecule has 6 nitrogen and oxygen atoms in total. The second kappa shape index (κ2) is 9.66. The van der Waals surface area contributed by atoms with Gasteiger partial charge in [0, 0.05) is 6.04 Å². The van der Waals surface area contributed by atoms with E-state index in [1.165, 1.54) is 36.4 Å². The molecule has 2 N–H and O–H groups in total. The Labute approximate surface area is 165 Å². The van der Waals surface area contributed by atoms with Gasteiger partial charge in [0.05, 0.1) is 22.8 Å². The lowest BCUT2D eigenvalue weighted by Crippen LogP contribution is -2.32. The molecule has 0 unspecified atom stereocenters. The minimum Gasteiger partial charge on any atom is -0.492 e. The van der Waals surface area contributed by atoms with E-state index in [1.54, 1.807) is 19.9 Å². The van der Waals surface area contributed by atoms with Crippen molar-refractivity contribution in [3.63, 3.8) is 0 Å². The van der Waals surface area contributed by atoms with Crippen molar-refractivity contribution in [3.8, 4) is 5.75 Å². The average Bonchev–Trinajstić information content (AvgIpc) is 2.63. The first-order chi connectivity index (χ1) is 13.3. The summed E-state index contributed by atoms with van der Waals surface area (Å²) in [5, 5.41) is 2.55. The van der Waals surface area contributed by atoms with Gasteiger partial charge in [-0.1, -0.05) is 25.5 Å². The maximum Gasteiger partial charge on any atom is 0.258 e. The number of nitrogens with one attached hydrogen (secondary N) is 2. The fourth-order valence-electron chi connectivity index (χ4n) is 2.72. The number of sulfonamides is 1. The first-order valence-electron chi connectivity index (χ1n) is 9.13. The summed E-state index contributed by atoms with van der Waals surface area (Å²) in [6, 6.07) is 9.51. The van der Waals surface area contributed by atoms with Crippen molar-refractivity contribution < 1.29 is 22.3 Å². The van der Waals surface area contributed by atoms with Crippen LogP contribution in [0.1, 0.15) is 44.0 Å². The Morgan fingerprint density at radius 1 is 1.18 bits per heavy atom. The molecule has 2 aromatic rings. The van der Waals surface area contributed by atoms with Crippen molar-refractivity contribution >= 4 is 21.6 Å². The maximum atomic E-state index is 13.9. The highest BCUT2D eigenvalue weighted by atomic mass is 32.2. The topological polar surface area (TPSA) is 84.5 Å². The number of hydrogen-bond donors (Lipinski definition) is 2. The Morgan fingerprint density at radius 3 is 2.54 bits per heavy atom. The number of ether oxygens (including phenoxy) is 1. The highest BCUT2D eigenvalue weighted by molar-refractivity contribution is 7.89. The van der Waals surface area contributed by atoms with Crippen LogP contribution in [0.15, 0.2) is 47.4 Å². The Morgan fingerprint density at radius 2 is 1.89 bits per heavy atom. The fraction of sp³-hybridized carbons (Fsp3) is 0.350. The van der Waals surface area contributed by atoms with Crippen molar-refractivity contribution in [2.75, 3.05) is 11.9 Å². The zero-order valence-electron chi connectivity index (χ0n) is 16.2. The van der Waals surface area contributed by atoms with E-state index < -0.39 is 21.7 Å². The van der Waals surface area contributed by atoms with Crippen LogP contribution in [0, 0.1) is 5.82 Å². The van der Waals surface area contributed by atoms with Crippen LogP contribution < -0.4 is 14.8 Å². The van der Waals surface area contributed by atoms with E-state index in [2.05, 4.69) is 10.0 Å². The van der Waals surface area contributed by atoms with E-state index >= 15 is 0 Å². The van der Waals surface area contributed by atoms with Gasteiger partial charge in [-0.3, -0.25) is 4.79 Å². The molecule has 0 radical (unpaired) electrons. The molecular weight excluding hydrogens is 383 g/mol. The van der Waals surface area contributed by atoms with Gasteiger partial charge in [0.1, 0.15) is 11.6 Å². The summed E-state index contributed by atoms with van der Waals surface area (Å²) in [6.45, 7) is 5.84. The maximum absolute atomic E-state index is 13.9. The van der Waals surface area contributed by atoms with Gasteiger partial charge in [-0.05, 0) is 50.6 Å². The molecule has 0 saturated carbocycles. The molecule has 0 fully saturated rings. The highest BCUT2D eigenvalue weighted by Crippen LogP contribution is 2.29. The van der Waals surface area contributed by atoms with Gasteiger partial charge in [0.25, 0.3) is 5.91 Å². The highest BCUT2D eigenvalue weighted by Gasteiger charge is 2.20. The van der Waals surface area contributed by atoms with Crippen LogP contribution in [0.5, 0.6) is 5.75 Å². The molecule has 0 aromatic heterocycles. The molecule has 2 aromatic carbocycles. The minimum atomic E-state index is -3.78. The van der Waals surface area contributed by atoms with Gasteiger partial charge in [0.2, 0.25) is 10.0 Å². The summed E-state index contributed by atoms with van der Waals surface area (Å²) in [5.41, 5.74) is 0.00836. The van der Waals surface area contributed by atoms with Crippen LogP contribution in [0.4, 0.5) is 10.1 Å².